The van der Waals surface area contributed by atoms with Crippen molar-refractivity contribution in [3.05, 3.63) is 59.7 Å². The van der Waals surface area contributed by atoms with Gasteiger partial charge in [-0.25, -0.2) is 0 Å². The molecule has 3 rings (SSSR count). The molecule has 0 spiro atoms. The van der Waals surface area contributed by atoms with Gasteiger partial charge in [-0.3, -0.25) is 10.0 Å². The van der Waals surface area contributed by atoms with Crippen molar-refractivity contribution in [2.45, 2.75) is 19.0 Å². The predicted octanol–water partition coefficient (Wildman–Crippen LogP) is 1.90. The molecule has 108 valence electrons. The van der Waals surface area contributed by atoms with E-state index in [9.17, 15) is 10.0 Å². The monoisotopic (exact) mass is 283 g/mol. The summed E-state index contributed by atoms with van der Waals surface area (Å²) >= 11 is 0. The molecule has 1 heterocycles. The van der Waals surface area contributed by atoms with E-state index in [1.165, 1.54) is 0 Å². The standard InChI is InChI=1S/C16H17N3O2/c17-14-9-12-8-11(6-7-15(12)19(21)16(14)20)10-18-13-4-2-1-3-5-13/h1-8,14,18,21H,9-10,17H2/t14-/m0/s1. The number of carbonyl (C=O) groups excluding carboxylic acids is 1. The van der Waals surface area contributed by atoms with Crippen LogP contribution in [0.3, 0.4) is 0 Å². The lowest BCUT2D eigenvalue weighted by Gasteiger charge is -2.28. The van der Waals surface area contributed by atoms with Gasteiger partial charge in [0.05, 0.1) is 11.7 Å². The van der Waals surface area contributed by atoms with E-state index in [2.05, 4.69) is 5.32 Å². The van der Waals surface area contributed by atoms with Gasteiger partial charge in [-0.1, -0.05) is 30.3 Å². The van der Waals surface area contributed by atoms with E-state index in [0.717, 1.165) is 16.8 Å². The fourth-order valence-electron chi connectivity index (χ4n) is 2.48. The molecule has 0 saturated heterocycles. The van der Waals surface area contributed by atoms with E-state index in [1.807, 2.05) is 42.5 Å². The molecule has 2 aromatic carbocycles. The lowest BCUT2D eigenvalue weighted by molar-refractivity contribution is -0.125. The molecule has 4 N–H and O–H groups in total. The Labute approximate surface area is 123 Å². The maximum absolute atomic E-state index is 11.6. The first kappa shape index (κ1) is 13.6. The Morgan fingerprint density at radius 3 is 2.76 bits per heavy atom. The highest BCUT2D eigenvalue weighted by Crippen LogP contribution is 2.27. The summed E-state index contributed by atoms with van der Waals surface area (Å²) in [5.74, 6) is -0.460. The van der Waals surface area contributed by atoms with Gasteiger partial charge in [0, 0.05) is 12.2 Å². The number of nitrogens with zero attached hydrogens (tertiary/aromatic N) is 1. The van der Waals surface area contributed by atoms with Crippen LogP contribution in [-0.4, -0.2) is 17.2 Å². The highest BCUT2D eigenvalue weighted by Gasteiger charge is 2.29. The molecule has 0 aromatic heterocycles. The molecule has 21 heavy (non-hydrogen) atoms. The number of hydroxylamine groups is 1. The van der Waals surface area contributed by atoms with Crippen molar-refractivity contribution in [1.29, 1.82) is 0 Å². The number of para-hydroxylation sites is 1. The number of benzene rings is 2. The summed E-state index contributed by atoms with van der Waals surface area (Å²) in [5.41, 5.74) is 9.26. The lowest BCUT2D eigenvalue weighted by atomic mass is 9.97. The van der Waals surface area contributed by atoms with Crippen LogP contribution in [0, 0.1) is 0 Å². The number of nitrogens with two attached hydrogens (primary N) is 1. The first-order valence-electron chi connectivity index (χ1n) is 6.84. The Hall–Kier alpha value is -2.37. The molecule has 0 radical (unpaired) electrons. The van der Waals surface area contributed by atoms with Gasteiger partial charge >= 0.3 is 0 Å². The minimum absolute atomic E-state index is 0.449. The largest absolute Gasteiger partial charge is 0.381 e. The van der Waals surface area contributed by atoms with Gasteiger partial charge in [-0.2, -0.15) is 5.06 Å². The third-order valence-corrected chi connectivity index (χ3v) is 3.61. The molecule has 0 unspecified atom stereocenters. The molecule has 0 aliphatic carbocycles. The second-order valence-electron chi connectivity index (χ2n) is 5.14. The Bertz CT molecular complexity index is 658. The molecule has 2 aromatic rings. The fourth-order valence-corrected chi connectivity index (χ4v) is 2.48. The SMILES string of the molecule is N[C@H]1Cc2cc(CNc3ccccc3)ccc2N(O)C1=O. The van der Waals surface area contributed by atoms with Crippen molar-refractivity contribution in [2.75, 3.05) is 10.4 Å². The summed E-state index contributed by atoms with van der Waals surface area (Å²) in [6, 6.07) is 14.9. The Balaban J connectivity index is 1.77. The van der Waals surface area contributed by atoms with Crippen molar-refractivity contribution < 1.29 is 10.0 Å². The molecule has 5 heteroatoms. The summed E-state index contributed by atoms with van der Waals surface area (Å²) < 4.78 is 0. The Morgan fingerprint density at radius 2 is 2.00 bits per heavy atom. The van der Waals surface area contributed by atoms with Crippen LogP contribution in [0.5, 0.6) is 0 Å². The minimum atomic E-state index is -0.681. The van der Waals surface area contributed by atoms with Gasteiger partial charge in [0.15, 0.2) is 0 Å². The summed E-state index contributed by atoms with van der Waals surface area (Å²) in [7, 11) is 0. The average molecular weight is 283 g/mol. The predicted molar refractivity (Wildman–Crippen MR) is 81.2 cm³/mol. The number of anilines is 2. The van der Waals surface area contributed by atoms with Gasteiger partial charge < -0.3 is 11.1 Å². The zero-order chi connectivity index (χ0) is 14.8. The summed E-state index contributed by atoms with van der Waals surface area (Å²) in [4.78, 5) is 11.6. The number of hydrogen-bond acceptors (Lipinski definition) is 4. The maximum atomic E-state index is 11.6. The molecular weight excluding hydrogens is 266 g/mol. The van der Waals surface area contributed by atoms with E-state index in [4.69, 9.17) is 5.73 Å². The van der Waals surface area contributed by atoms with Crippen LogP contribution in [0.15, 0.2) is 48.5 Å². The molecule has 0 fully saturated rings. The summed E-state index contributed by atoms with van der Waals surface area (Å²) in [6.07, 6.45) is 0.449. The number of amides is 1. The van der Waals surface area contributed by atoms with Gasteiger partial charge in [0.2, 0.25) is 0 Å². The second kappa shape index (κ2) is 5.55. The van der Waals surface area contributed by atoms with Crippen molar-refractivity contribution in [3.63, 3.8) is 0 Å². The van der Waals surface area contributed by atoms with Crippen molar-refractivity contribution >= 4 is 17.3 Å². The van der Waals surface area contributed by atoms with Crippen LogP contribution in [0.4, 0.5) is 11.4 Å². The van der Waals surface area contributed by atoms with E-state index in [-0.39, 0.29) is 0 Å². The van der Waals surface area contributed by atoms with Crippen LogP contribution in [0.25, 0.3) is 0 Å². The van der Waals surface area contributed by atoms with Crippen molar-refractivity contribution in [1.82, 2.24) is 0 Å². The first-order valence-corrected chi connectivity index (χ1v) is 6.84. The van der Waals surface area contributed by atoms with Crippen LogP contribution >= 0.6 is 0 Å². The van der Waals surface area contributed by atoms with Gasteiger partial charge in [0.25, 0.3) is 5.91 Å². The third-order valence-electron chi connectivity index (χ3n) is 3.61. The average Bonchev–Trinajstić information content (AvgIpc) is 2.51. The topological polar surface area (TPSA) is 78.6 Å². The quantitative estimate of drug-likeness (QED) is 0.752. The zero-order valence-electron chi connectivity index (χ0n) is 11.5. The molecule has 5 nitrogen and oxygen atoms in total. The van der Waals surface area contributed by atoms with Crippen LogP contribution < -0.4 is 16.1 Å². The smallest absolute Gasteiger partial charge is 0.267 e. The molecular formula is C16H17N3O2. The van der Waals surface area contributed by atoms with E-state index < -0.39 is 11.9 Å². The summed E-state index contributed by atoms with van der Waals surface area (Å²) in [5, 5.41) is 13.8. The van der Waals surface area contributed by atoms with Gasteiger partial charge in [-0.15, -0.1) is 0 Å². The molecule has 0 bridgehead atoms. The van der Waals surface area contributed by atoms with Crippen molar-refractivity contribution in [2.24, 2.45) is 5.73 Å². The first-order chi connectivity index (χ1) is 10.1. The van der Waals surface area contributed by atoms with E-state index in [1.54, 1.807) is 6.07 Å². The molecule has 1 amide bonds. The molecule has 1 atom stereocenters. The van der Waals surface area contributed by atoms with Crippen molar-refractivity contribution in [3.8, 4) is 0 Å². The Kier molecular flexibility index (Phi) is 3.60. The number of hydrogen-bond donors (Lipinski definition) is 3. The van der Waals surface area contributed by atoms with Crippen LogP contribution in [-0.2, 0) is 17.8 Å². The van der Waals surface area contributed by atoms with Gasteiger partial charge in [0.1, 0.15) is 0 Å². The highest BCUT2D eigenvalue weighted by atomic mass is 16.5. The zero-order valence-corrected chi connectivity index (χ0v) is 11.5. The fraction of sp³-hybridized carbons (Fsp3) is 0.188. The van der Waals surface area contributed by atoms with E-state index >= 15 is 0 Å². The number of rotatable bonds is 3. The minimum Gasteiger partial charge on any atom is -0.381 e. The highest BCUT2D eigenvalue weighted by molar-refractivity contribution is 5.98. The van der Waals surface area contributed by atoms with E-state index in [0.29, 0.717) is 23.7 Å². The normalized spacial score (nSPS) is 17.5. The third kappa shape index (κ3) is 2.74. The molecule has 1 aliphatic rings. The second-order valence-corrected chi connectivity index (χ2v) is 5.14. The number of carbonyl (C=O) groups is 1. The number of fused-ring (bicyclic) bond motifs is 1. The van der Waals surface area contributed by atoms with Crippen LogP contribution in [0.2, 0.25) is 0 Å². The summed E-state index contributed by atoms with van der Waals surface area (Å²) in [6.45, 7) is 0.673. The maximum Gasteiger partial charge on any atom is 0.267 e. The lowest BCUT2D eigenvalue weighted by Crippen LogP contribution is -2.47. The Morgan fingerprint density at radius 1 is 1.24 bits per heavy atom. The molecule has 0 saturated carbocycles. The number of nitrogens with one attached hydrogen (secondary N) is 1. The van der Waals surface area contributed by atoms with Crippen LogP contribution in [0.1, 0.15) is 11.1 Å². The molecule has 1 aliphatic heterocycles. The van der Waals surface area contributed by atoms with Gasteiger partial charge in [-0.05, 0) is 35.7 Å².